The average Bonchev–Trinajstić information content (AvgIpc) is 2.09. The van der Waals surface area contributed by atoms with E-state index in [-0.39, 0.29) is 11.5 Å². The molecular weight excluding hydrogens is 293 g/mol. The number of aromatic nitrogens is 1. The van der Waals surface area contributed by atoms with Crippen LogP contribution in [0.2, 0.25) is 0 Å². The van der Waals surface area contributed by atoms with Gasteiger partial charge in [0.2, 0.25) is 0 Å². The zero-order valence-corrected chi connectivity index (χ0v) is 8.88. The topological polar surface area (TPSA) is 48.1 Å². The molecule has 2 N–H and O–H groups in total. The van der Waals surface area contributed by atoms with Gasteiger partial charge in [0, 0.05) is 6.07 Å². The van der Waals surface area contributed by atoms with Crippen LogP contribution < -0.4 is 10.5 Å². The van der Waals surface area contributed by atoms with Crippen molar-refractivity contribution in [3.63, 3.8) is 0 Å². The summed E-state index contributed by atoms with van der Waals surface area (Å²) in [5.74, 6) is 0.388. The van der Waals surface area contributed by atoms with E-state index < -0.39 is 6.43 Å². The molecule has 0 saturated carbocycles. The first-order valence-electron chi connectivity index (χ1n) is 3.34. The van der Waals surface area contributed by atoms with E-state index in [0.717, 1.165) is 0 Å². The third-order valence-electron chi connectivity index (χ3n) is 1.41. The van der Waals surface area contributed by atoms with Crippen molar-refractivity contribution in [2.75, 3.05) is 12.8 Å². The van der Waals surface area contributed by atoms with Crippen LogP contribution in [-0.4, -0.2) is 12.1 Å². The van der Waals surface area contributed by atoms with E-state index in [1.54, 1.807) is 0 Å². The monoisotopic (exact) mass is 300 g/mol. The van der Waals surface area contributed by atoms with Crippen LogP contribution in [0, 0.1) is 3.57 Å². The lowest BCUT2D eigenvalue weighted by Crippen LogP contribution is -2.01. The number of nitrogen functional groups attached to an aromatic ring is 1. The maximum absolute atomic E-state index is 12.2. The Bertz CT molecular complexity index is 320. The predicted octanol–water partition coefficient (Wildman–Crippen LogP) is 2.21. The average molecular weight is 300 g/mol. The Morgan fingerprint density at radius 2 is 2.23 bits per heavy atom. The minimum Gasteiger partial charge on any atom is -0.495 e. The van der Waals surface area contributed by atoms with Crippen LogP contribution in [0.1, 0.15) is 12.1 Å². The summed E-state index contributed by atoms with van der Waals surface area (Å²) in [5.41, 5.74) is 5.04. The van der Waals surface area contributed by atoms with Crippen LogP contribution in [0.5, 0.6) is 5.75 Å². The first-order chi connectivity index (χ1) is 6.06. The summed E-state index contributed by atoms with van der Waals surface area (Å²) in [6, 6.07) is 1.18. The van der Waals surface area contributed by atoms with Crippen molar-refractivity contribution < 1.29 is 13.5 Å². The highest BCUT2D eigenvalue weighted by atomic mass is 127. The molecule has 3 nitrogen and oxygen atoms in total. The molecule has 0 bridgehead atoms. The number of ether oxygens (including phenoxy) is 1. The Morgan fingerprint density at radius 3 is 2.69 bits per heavy atom. The second kappa shape index (κ2) is 4.03. The highest BCUT2D eigenvalue weighted by Gasteiger charge is 2.14. The maximum atomic E-state index is 12.2. The van der Waals surface area contributed by atoms with Gasteiger partial charge in [-0.15, -0.1) is 0 Å². The van der Waals surface area contributed by atoms with Gasteiger partial charge in [0.05, 0.1) is 10.7 Å². The molecule has 0 unspecified atom stereocenters. The molecule has 0 aliphatic heterocycles. The van der Waals surface area contributed by atoms with Crippen LogP contribution in [0.15, 0.2) is 6.07 Å². The van der Waals surface area contributed by atoms with Crippen molar-refractivity contribution >= 4 is 28.4 Å². The van der Waals surface area contributed by atoms with E-state index in [4.69, 9.17) is 10.5 Å². The highest BCUT2D eigenvalue weighted by molar-refractivity contribution is 14.1. The molecule has 1 rings (SSSR count). The highest BCUT2D eigenvalue weighted by Crippen LogP contribution is 2.29. The molecule has 0 aliphatic rings. The number of alkyl halides is 2. The lowest BCUT2D eigenvalue weighted by atomic mass is 10.3. The first kappa shape index (κ1) is 10.4. The Balaban J connectivity index is 3.22. The Hall–Kier alpha value is -0.660. The number of halogens is 3. The van der Waals surface area contributed by atoms with Gasteiger partial charge in [0.1, 0.15) is 17.3 Å². The van der Waals surface area contributed by atoms with E-state index in [2.05, 4.69) is 4.98 Å². The summed E-state index contributed by atoms with van der Waals surface area (Å²) in [6.45, 7) is 0. The molecule has 0 atom stereocenters. The third kappa shape index (κ3) is 2.17. The molecule has 72 valence electrons. The summed E-state index contributed by atoms with van der Waals surface area (Å²) >= 11 is 1.89. The van der Waals surface area contributed by atoms with E-state index in [9.17, 15) is 8.78 Å². The van der Waals surface area contributed by atoms with Crippen molar-refractivity contribution in [1.82, 2.24) is 4.98 Å². The smallest absolute Gasteiger partial charge is 0.280 e. The number of hydrogen-bond acceptors (Lipinski definition) is 3. The van der Waals surface area contributed by atoms with Gasteiger partial charge in [-0.3, -0.25) is 0 Å². The van der Waals surface area contributed by atoms with Crippen LogP contribution in [-0.2, 0) is 0 Å². The molecule has 0 spiro atoms. The molecule has 0 aliphatic carbocycles. The molecule has 1 aromatic rings. The number of hydrogen-bond donors (Lipinski definition) is 1. The minimum atomic E-state index is -2.63. The maximum Gasteiger partial charge on any atom is 0.280 e. The normalized spacial score (nSPS) is 10.5. The van der Waals surface area contributed by atoms with E-state index >= 15 is 0 Å². The van der Waals surface area contributed by atoms with Crippen LogP contribution in [0.4, 0.5) is 14.6 Å². The van der Waals surface area contributed by atoms with Gasteiger partial charge < -0.3 is 10.5 Å². The summed E-state index contributed by atoms with van der Waals surface area (Å²) in [5, 5.41) is 0. The molecule has 0 fully saturated rings. The molecular formula is C7H7F2IN2O. The molecule has 1 aromatic heterocycles. The largest absolute Gasteiger partial charge is 0.495 e. The van der Waals surface area contributed by atoms with E-state index in [1.807, 2.05) is 22.6 Å². The van der Waals surface area contributed by atoms with E-state index in [0.29, 0.717) is 9.32 Å². The fraction of sp³-hybridized carbons (Fsp3) is 0.286. The minimum absolute atomic E-state index is 0.0650. The van der Waals surface area contributed by atoms with Crippen LogP contribution in [0.3, 0.4) is 0 Å². The Morgan fingerprint density at radius 1 is 1.62 bits per heavy atom. The number of nitrogens with zero attached hydrogens (tertiary/aromatic N) is 1. The van der Waals surface area contributed by atoms with E-state index in [1.165, 1.54) is 13.2 Å². The van der Waals surface area contributed by atoms with Crippen molar-refractivity contribution in [1.29, 1.82) is 0 Å². The zero-order chi connectivity index (χ0) is 10.0. The second-order valence-corrected chi connectivity index (χ2v) is 3.33. The van der Waals surface area contributed by atoms with Gasteiger partial charge in [-0.1, -0.05) is 0 Å². The van der Waals surface area contributed by atoms with Gasteiger partial charge in [0.25, 0.3) is 6.43 Å². The molecule has 0 aromatic carbocycles. The van der Waals surface area contributed by atoms with Gasteiger partial charge >= 0.3 is 0 Å². The molecule has 0 radical (unpaired) electrons. The summed E-state index contributed by atoms with van der Waals surface area (Å²) < 4.78 is 29.8. The van der Waals surface area contributed by atoms with Gasteiger partial charge in [-0.2, -0.15) is 0 Å². The number of rotatable bonds is 2. The third-order valence-corrected chi connectivity index (χ3v) is 2.50. The van der Waals surface area contributed by atoms with Gasteiger partial charge in [-0.05, 0) is 22.6 Å². The Labute approximate surface area is 87.4 Å². The quantitative estimate of drug-likeness (QED) is 0.852. The fourth-order valence-corrected chi connectivity index (χ4v) is 1.30. The zero-order valence-electron chi connectivity index (χ0n) is 6.72. The summed E-state index contributed by atoms with van der Waals surface area (Å²) in [6.07, 6.45) is -2.63. The summed E-state index contributed by atoms with van der Waals surface area (Å²) in [7, 11) is 1.40. The number of methoxy groups -OCH3 is 1. The van der Waals surface area contributed by atoms with Gasteiger partial charge in [-0.25, -0.2) is 13.8 Å². The number of nitrogens with two attached hydrogens (primary N) is 1. The van der Waals surface area contributed by atoms with Crippen molar-refractivity contribution in [2.24, 2.45) is 0 Å². The number of anilines is 1. The summed E-state index contributed by atoms with van der Waals surface area (Å²) in [4.78, 5) is 3.52. The van der Waals surface area contributed by atoms with Crippen molar-refractivity contribution in [3.8, 4) is 5.75 Å². The van der Waals surface area contributed by atoms with Crippen molar-refractivity contribution in [2.45, 2.75) is 6.43 Å². The van der Waals surface area contributed by atoms with Gasteiger partial charge in [0.15, 0.2) is 0 Å². The standard InChI is InChI=1S/C7H7F2IN2O/c1-13-4-2-3(6(8)9)12-7(11)5(4)10/h2,6H,1H3,(H2,11,12). The van der Waals surface area contributed by atoms with Crippen LogP contribution in [0.25, 0.3) is 0 Å². The SMILES string of the molecule is COc1cc(C(F)F)nc(N)c1I. The predicted molar refractivity (Wildman–Crippen MR) is 52.9 cm³/mol. The molecule has 13 heavy (non-hydrogen) atoms. The number of pyridine rings is 1. The second-order valence-electron chi connectivity index (χ2n) is 2.25. The molecule has 6 heteroatoms. The first-order valence-corrected chi connectivity index (χ1v) is 4.42. The molecule has 0 saturated heterocycles. The lowest BCUT2D eigenvalue weighted by molar-refractivity contribution is 0.146. The Kier molecular flexibility index (Phi) is 3.23. The fourth-order valence-electron chi connectivity index (χ4n) is 0.805. The molecule has 1 heterocycles. The lowest BCUT2D eigenvalue weighted by Gasteiger charge is -2.07. The van der Waals surface area contributed by atoms with Crippen molar-refractivity contribution in [3.05, 3.63) is 15.3 Å². The molecule has 0 amide bonds. The van der Waals surface area contributed by atoms with Crippen LogP contribution >= 0.6 is 22.6 Å².